The molecule has 3 aromatic rings. The third-order valence-corrected chi connectivity index (χ3v) is 6.33. The summed E-state index contributed by atoms with van der Waals surface area (Å²) in [5.74, 6) is 0.575. The summed E-state index contributed by atoms with van der Waals surface area (Å²) in [7, 11) is 0. The highest BCUT2D eigenvalue weighted by Crippen LogP contribution is 2.23. The van der Waals surface area contributed by atoms with E-state index < -0.39 is 0 Å². The van der Waals surface area contributed by atoms with Crippen LogP contribution in [-0.4, -0.2) is 53.9 Å². The summed E-state index contributed by atoms with van der Waals surface area (Å²) in [6, 6.07) is 26.9. The molecule has 0 spiro atoms. The Morgan fingerprint density at radius 2 is 1.53 bits per heavy atom. The Balaban J connectivity index is 1.69. The summed E-state index contributed by atoms with van der Waals surface area (Å²) < 4.78 is 6.28. The Labute approximate surface area is 202 Å². The Bertz CT molecular complexity index is 1080. The minimum absolute atomic E-state index is 0.00417. The highest BCUT2D eigenvalue weighted by Gasteiger charge is 2.27. The normalized spacial score (nSPS) is 17.2. The van der Waals surface area contributed by atoms with Crippen molar-refractivity contribution in [2.24, 2.45) is 0 Å². The molecule has 5 heteroatoms. The van der Waals surface area contributed by atoms with Crippen molar-refractivity contribution in [2.45, 2.75) is 32.2 Å². The zero-order valence-electron chi connectivity index (χ0n) is 19.7. The molecule has 0 unspecified atom stereocenters. The Hall–Kier alpha value is -3.60. The molecule has 5 nitrogen and oxygen atoms in total. The van der Waals surface area contributed by atoms with Crippen molar-refractivity contribution in [2.75, 3.05) is 26.2 Å². The lowest BCUT2D eigenvalue weighted by atomic mass is 10.0. The van der Waals surface area contributed by atoms with E-state index >= 15 is 0 Å². The van der Waals surface area contributed by atoms with Gasteiger partial charge in [-0.25, -0.2) is 0 Å². The van der Waals surface area contributed by atoms with Crippen molar-refractivity contribution < 1.29 is 14.3 Å². The van der Waals surface area contributed by atoms with Gasteiger partial charge in [0.15, 0.2) is 0 Å². The molecular formula is C29H32N2O3. The lowest BCUT2D eigenvalue weighted by molar-refractivity contribution is 0.0586. The summed E-state index contributed by atoms with van der Waals surface area (Å²) in [6.45, 7) is 4.21. The lowest BCUT2D eigenvalue weighted by Crippen LogP contribution is -2.46. The first-order chi connectivity index (χ1) is 16.7. The fourth-order valence-electron chi connectivity index (χ4n) is 4.46. The molecule has 176 valence electrons. The topological polar surface area (TPSA) is 49.9 Å². The fraction of sp³-hybridized carbons (Fsp3) is 0.310. The number of rotatable bonds is 4. The van der Waals surface area contributed by atoms with E-state index in [4.69, 9.17) is 4.74 Å². The Morgan fingerprint density at radius 1 is 0.882 bits per heavy atom. The summed E-state index contributed by atoms with van der Waals surface area (Å²) in [4.78, 5) is 30.7. The molecule has 0 radical (unpaired) electrons. The van der Waals surface area contributed by atoms with Gasteiger partial charge in [-0.1, -0.05) is 60.7 Å². The molecule has 1 heterocycles. The summed E-state index contributed by atoms with van der Waals surface area (Å²) in [6.07, 6.45) is 2.32. The maximum absolute atomic E-state index is 13.6. The molecule has 3 aromatic carbocycles. The molecule has 1 atom stereocenters. The first-order valence-electron chi connectivity index (χ1n) is 12.1. The van der Waals surface area contributed by atoms with E-state index in [1.165, 1.54) is 0 Å². The predicted molar refractivity (Wildman–Crippen MR) is 134 cm³/mol. The average Bonchev–Trinajstić information content (AvgIpc) is 2.89. The van der Waals surface area contributed by atoms with Crippen LogP contribution in [-0.2, 0) is 6.42 Å². The zero-order valence-corrected chi connectivity index (χ0v) is 19.7. The van der Waals surface area contributed by atoms with Gasteiger partial charge in [-0.2, -0.15) is 0 Å². The molecular weight excluding hydrogens is 424 g/mol. The molecule has 0 saturated carbocycles. The quantitative estimate of drug-likeness (QED) is 0.550. The number of carbonyl (C=O) groups is 2. The van der Waals surface area contributed by atoms with Crippen molar-refractivity contribution in [3.05, 3.63) is 102 Å². The number of amides is 2. The summed E-state index contributed by atoms with van der Waals surface area (Å²) in [5, 5.41) is 0. The van der Waals surface area contributed by atoms with Crippen LogP contribution in [0.15, 0.2) is 84.9 Å². The van der Waals surface area contributed by atoms with Gasteiger partial charge in [0, 0.05) is 25.2 Å². The maximum atomic E-state index is 13.6. The first kappa shape index (κ1) is 23.6. The van der Waals surface area contributed by atoms with Gasteiger partial charge in [0.1, 0.15) is 12.4 Å². The number of carbonyl (C=O) groups excluding carboxylic acids is 2. The molecule has 0 aliphatic carbocycles. The molecule has 0 aromatic heterocycles. The van der Waals surface area contributed by atoms with Crippen LogP contribution in [0.5, 0.6) is 5.75 Å². The molecule has 0 saturated heterocycles. The van der Waals surface area contributed by atoms with Crippen molar-refractivity contribution in [3.63, 3.8) is 0 Å². The highest BCUT2D eigenvalue weighted by molar-refractivity contribution is 5.97. The van der Waals surface area contributed by atoms with Gasteiger partial charge in [-0.05, 0) is 56.0 Å². The van der Waals surface area contributed by atoms with Gasteiger partial charge in [0.05, 0.1) is 11.6 Å². The smallest absolute Gasteiger partial charge is 0.257 e. The summed E-state index contributed by atoms with van der Waals surface area (Å²) in [5.41, 5.74) is 2.40. The van der Waals surface area contributed by atoms with Crippen LogP contribution in [0, 0.1) is 0 Å². The van der Waals surface area contributed by atoms with E-state index in [1.54, 1.807) is 0 Å². The number of ether oxygens (including phenoxy) is 1. The second-order valence-corrected chi connectivity index (χ2v) is 8.61. The average molecular weight is 457 g/mol. The molecule has 0 bridgehead atoms. The Kier molecular flexibility index (Phi) is 7.97. The van der Waals surface area contributed by atoms with Gasteiger partial charge >= 0.3 is 0 Å². The monoisotopic (exact) mass is 456 g/mol. The minimum Gasteiger partial charge on any atom is -0.491 e. The maximum Gasteiger partial charge on any atom is 0.257 e. The van der Waals surface area contributed by atoms with Gasteiger partial charge in [0.25, 0.3) is 11.8 Å². The van der Waals surface area contributed by atoms with E-state index in [2.05, 4.69) is 12.1 Å². The summed E-state index contributed by atoms with van der Waals surface area (Å²) >= 11 is 0. The standard InChI is InChI=1S/C29H32N2O3/c1-2-30-19-11-12-20-31(28(32)24-15-7-4-8-16-24)25(21-23-13-5-3-6-14-23)22-34-27-18-10-9-17-26(27)29(30)33/h3-10,13-18,25H,2,11-12,19-22H2,1H3/t25-/m0/s1. The molecule has 0 N–H and O–H groups in total. The van der Waals surface area contributed by atoms with Crippen molar-refractivity contribution in [1.82, 2.24) is 9.80 Å². The third kappa shape index (κ3) is 5.66. The number of benzene rings is 3. The minimum atomic E-state index is -0.167. The van der Waals surface area contributed by atoms with E-state index in [0.29, 0.717) is 49.5 Å². The highest BCUT2D eigenvalue weighted by atomic mass is 16.5. The van der Waals surface area contributed by atoms with Crippen molar-refractivity contribution in [3.8, 4) is 5.75 Å². The van der Waals surface area contributed by atoms with Crippen molar-refractivity contribution in [1.29, 1.82) is 0 Å². The van der Waals surface area contributed by atoms with Gasteiger partial charge < -0.3 is 14.5 Å². The number of para-hydroxylation sites is 1. The second kappa shape index (κ2) is 11.5. The zero-order chi connectivity index (χ0) is 23.8. The number of fused-ring (bicyclic) bond motifs is 1. The second-order valence-electron chi connectivity index (χ2n) is 8.61. The van der Waals surface area contributed by atoms with E-state index in [-0.39, 0.29) is 17.9 Å². The first-order valence-corrected chi connectivity index (χ1v) is 12.1. The molecule has 2 amide bonds. The van der Waals surface area contributed by atoms with Gasteiger partial charge in [-0.3, -0.25) is 9.59 Å². The largest absolute Gasteiger partial charge is 0.491 e. The van der Waals surface area contributed by atoms with Gasteiger partial charge in [0.2, 0.25) is 0 Å². The number of nitrogens with zero attached hydrogens (tertiary/aromatic N) is 2. The predicted octanol–water partition coefficient (Wildman–Crippen LogP) is 5.08. The molecule has 1 aliphatic rings. The van der Waals surface area contributed by atoms with Crippen LogP contribution in [0.4, 0.5) is 0 Å². The third-order valence-electron chi connectivity index (χ3n) is 6.33. The number of hydrogen-bond donors (Lipinski definition) is 0. The molecule has 1 aliphatic heterocycles. The fourth-order valence-corrected chi connectivity index (χ4v) is 4.46. The van der Waals surface area contributed by atoms with Crippen LogP contribution >= 0.6 is 0 Å². The van der Waals surface area contributed by atoms with E-state index in [0.717, 1.165) is 18.4 Å². The van der Waals surface area contributed by atoms with Crippen LogP contribution in [0.3, 0.4) is 0 Å². The van der Waals surface area contributed by atoms with E-state index in [9.17, 15) is 9.59 Å². The lowest BCUT2D eigenvalue weighted by Gasteiger charge is -2.33. The van der Waals surface area contributed by atoms with Gasteiger partial charge in [-0.15, -0.1) is 0 Å². The van der Waals surface area contributed by atoms with E-state index in [1.807, 2.05) is 89.5 Å². The van der Waals surface area contributed by atoms with Crippen LogP contribution in [0.25, 0.3) is 0 Å². The molecule has 4 rings (SSSR count). The van der Waals surface area contributed by atoms with Crippen LogP contribution in [0.1, 0.15) is 46.0 Å². The molecule has 0 fully saturated rings. The Morgan fingerprint density at radius 3 is 2.26 bits per heavy atom. The van der Waals surface area contributed by atoms with Crippen LogP contribution < -0.4 is 4.74 Å². The van der Waals surface area contributed by atoms with Crippen LogP contribution in [0.2, 0.25) is 0 Å². The SMILES string of the molecule is CCN1CCCCN(C(=O)c2ccccc2)[C@@H](Cc2ccccc2)COc2ccccc2C1=O. The van der Waals surface area contributed by atoms with Crippen molar-refractivity contribution >= 4 is 11.8 Å². The molecule has 34 heavy (non-hydrogen) atoms. The number of hydrogen-bond acceptors (Lipinski definition) is 3.